The summed E-state index contributed by atoms with van der Waals surface area (Å²) < 4.78 is 11.9. The highest BCUT2D eigenvalue weighted by Gasteiger charge is 2.51. The minimum Gasteiger partial charge on any atom is -0.399 e. The van der Waals surface area contributed by atoms with Crippen LogP contribution >= 0.6 is 0 Å². The Morgan fingerprint density at radius 3 is 2.36 bits per heavy atom. The van der Waals surface area contributed by atoms with E-state index in [0.717, 1.165) is 0 Å². The van der Waals surface area contributed by atoms with Gasteiger partial charge in [0.1, 0.15) is 6.10 Å². The molecule has 118 valence electrons. The van der Waals surface area contributed by atoms with Gasteiger partial charge < -0.3 is 19.5 Å². The predicted molar refractivity (Wildman–Crippen MR) is 81.1 cm³/mol. The summed E-state index contributed by atoms with van der Waals surface area (Å²) in [5.41, 5.74) is 0.161. The van der Waals surface area contributed by atoms with E-state index in [1.807, 2.05) is 33.8 Å². The zero-order chi connectivity index (χ0) is 16.5. The lowest BCUT2D eigenvalue weighted by atomic mass is 9.79. The van der Waals surface area contributed by atoms with E-state index in [-0.39, 0.29) is 6.42 Å². The largest absolute Gasteiger partial charge is 0.496 e. The van der Waals surface area contributed by atoms with Crippen molar-refractivity contribution in [1.82, 2.24) is 4.98 Å². The summed E-state index contributed by atoms with van der Waals surface area (Å²) in [6, 6.07) is 3.51. The number of hydrogen-bond donors (Lipinski definition) is 2. The SMILES string of the molecule is CC1(C)OB(c2cncc(C(O)C(O)CC#N)c2)OC1(C)C. The van der Waals surface area contributed by atoms with Gasteiger partial charge in [0, 0.05) is 23.4 Å². The van der Waals surface area contributed by atoms with Crippen LogP contribution in [0.1, 0.15) is 45.8 Å². The number of aromatic nitrogens is 1. The Morgan fingerprint density at radius 1 is 1.23 bits per heavy atom. The lowest BCUT2D eigenvalue weighted by molar-refractivity contribution is 0.00578. The Kier molecular flexibility index (Phi) is 4.59. The smallest absolute Gasteiger partial charge is 0.399 e. The summed E-state index contributed by atoms with van der Waals surface area (Å²) in [7, 11) is -0.585. The second kappa shape index (κ2) is 5.97. The minimum absolute atomic E-state index is 0.151. The normalized spacial score (nSPS) is 22.1. The maximum atomic E-state index is 10.1. The van der Waals surface area contributed by atoms with Gasteiger partial charge in [0.15, 0.2) is 0 Å². The maximum Gasteiger partial charge on any atom is 0.496 e. The number of pyridine rings is 1. The molecule has 2 heterocycles. The summed E-state index contributed by atoms with van der Waals surface area (Å²) in [6.45, 7) is 7.82. The molecule has 2 unspecified atom stereocenters. The molecule has 0 aliphatic carbocycles. The molecule has 2 rings (SSSR count). The number of rotatable bonds is 4. The first-order chi connectivity index (χ1) is 10.2. The Morgan fingerprint density at radius 2 is 1.82 bits per heavy atom. The van der Waals surface area contributed by atoms with Crippen molar-refractivity contribution in [2.45, 2.75) is 57.5 Å². The first kappa shape index (κ1) is 16.9. The van der Waals surface area contributed by atoms with Crippen LogP contribution < -0.4 is 5.46 Å². The van der Waals surface area contributed by atoms with Gasteiger partial charge in [-0.05, 0) is 27.7 Å². The van der Waals surface area contributed by atoms with Crippen molar-refractivity contribution in [3.05, 3.63) is 24.0 Å². The molecule has 0 bridgehead atoms. The molecule has 1 aliphatic rings. The van der Waals surface area contributed by atoms with Crippen LogP contribution in [0.15, 0.2) is 18.5 Å². The van der Waals surface area contributed by atoms with Crippen LogP contribution in [-0.2, 0) is 9.31 Å². The van der Waals surface area contributed by atoms with Gasteiger partial charge >= 0.3 is 7.12 Å². The lowest BCUT2D eigenvalue weighted by Crippen LogP contribution is -2.41. The molecule has 22 heavy (non-hydrogen) atoms. The Labute approximate surface area is 130 Å². The Hall–Kier alpha value is -1.46. The van der Waals surface area contributed by atoms with Crippen LogP contribution in [0.3, 0.4) is 0 Å². The Bertz CT molecular complexity index is 569. The third-order valence-electron chi connectivity index (χ3n) is 4.31. The maximum absolute atomic E-state index is 10.1. The fourth-order valence-corrected chi connectivity index (χ4v) is 2.17. The average molecular weight is 304 g/mol. The first-order valence-corrected chi connectivity index (χ1v) is 7.21. The van der Waals surface area contributed by atoms with Gasteiger partial charge in [0.2, 0.25) is 0 Å². The van der Waals surface area contributed by atoms with E-state index in [1.165, 1.54) is 6.20 Å². The van der Waals surface area contributed by atoms with Gasteiger partial charge in [-0.25, -0.2) is 0 Å². The van der Waals surface area contributed by atoms with Gasteiger partial charge in [-0.15, -0.1) is 0 Å². The fraction of sp³-hybridized carbons (Fsp3) is 0.600. The van der Waals surface area contributed by atoms with E-state index in [4.69, 9.17) is 14.6 Å². The molecule has 1 aliphatic heterocycles. The van der Waals surface area contributed by atoms with Crippen molar-refractivity contribution in [2.75, 3.05) is 0 Å². The topological polar surface area (TPSA) is 95.6 Å². The molecule has 1 saturated heterocycles. The zero-order valence-corrected chi connectivity index (χ0v) is 13.3. The highest BCUT2D eigenvalue weighted by Crippen LogP contribution is 2.36. The van der Waals surface area contributed by atoms with Gasteiger partial charge in [-0.1, -0.05) is 6.07 Å². The second-order valence-corrected chi connectivity index (χ2v) is 6.51. The van der Waals surface area contributed by atoms with E-state index < -0.39 is 30.5 Å². The molecule has 0 amide bonds. The molecule has 0 saturated carbocycles. The van der Waals surface area contributed by atoms with Gasteiger partial charge in [-0.3, -0.25) is 4.98 Å². The van der Waals surface area contributed by atoms with Gasteiger partial charge in [-0.2, -0.15) is 5.26 Å². The van der Waals surface area contributed by atoms with Crippen LogP contribution in [0.4, 0.5) is 0 Å². The fourth-order valence-electron chi connectivity index (χ4n) is 2.17. The lowest BCUT2D eigenvalue weighted by Gasteiger charge is -2.32. The quantitative estimate of drug-likeness (QED) is 0.795. The predicted octanol–water partition coefficient (Wildman–Crippen LogP) is 0.689. The van der Waals surface area contributed by atoms with E-state index in [9.17, 15) is 10.2 Å². The van der Waals surface area contributed by atoms with E-state index in [2.05, 4.69) is 4.98 Å². The van der Waals surface area contributed by atoms with E-state index in [1.54, 1.807) is 12.3 Å². The summed E-state index contributed by atoms with van der Waals surface area (Å²) in [4.78, 5) is 4.07. The number of aliphatic hydroxyl groups is 2. The van der Waals surface area contributed by atoms with Crippen molar-refractivity contribution in [3.63, 3.8) is 0 Å². The number of nitrogens with zero attached hydrogens (tertiary/aromatic N) is 2. The van der Waals surface area contributed by atoms with Crippen molar-refractivity contribution >= 4 is 12.6 Å². The minimum atomic E-state index is -1.17. The highest BCUT2D eigenvalue weighted by atomic mass is 16.7. The highest BCUT2D eigenvalue weighted by molar-refractivity contribution is 6.62. The van der Waals surface area contributed by atoms with Gasteiger partial charge in [0.05, 0.1) is 29.8 Å². The molecule has 1 aromatic rings. The molecule has 2 atom stereocenters. The van der Waals surface area contributed by atoms with Crippen LogP contribution in [0.5, 0.6) is 0 Å². The monoisotopic (exact) mass is 304 g/mol. The average Bonchev–Trinajstić information content (AvgIpc) is 2.67. The molecule has 7 heteroatoms. The Balaban J connectivity index is 2.22. The number of nitriles is 1. The summed E-state index contributed by atoms with van der Waals surface area (Å²) in [6.07, 6.45) is 0.589. The summed E-state index contributed by atoms with van der Waals surface area (Å²) in [5.74, 6) is 0. The van der Waals surface area contributed by atoms with Gasteiger partial charge in [0.25, 0.3) is 0 Å². The number of hydrogen-bond acceptors (Lipinski definition) is 6. The van der Waals surface area contributed by atoms with Crippen molar-refractivity contribution in [2.24, 2.45) is 0 Å². The summed E-state index contributed by atoms with van der Waals surface area (Å²) in [5, 5.41) is 28.4. The molecular formula is C15H21BN2O4. The third kappa shape index (κ3) is 3.15. The standard InChI is InChI=1S/C15H21BN2O4/c1-14(2)15(3,4)22-16(21-14)11-7-10(8-18-9-11)13(20)12(19)5-6-17/h7-9,12-13,19-20H,5H2,1-4H3. The first-order valence-electron chi connectivity index (χ1n) is 7.21. The second-order valence-electron chi connectivity index (χ2n) is 6.51. The van der Waals surface area contributed by atoms with Crippen molar-refractivity contribution in [3.8, 4) is 6.07 Å². The van der Waals surface area contributed by atoms with Crippen molar-refractivity contribution in [1.29, 1.82) is 5.26 Å². The molecule has 1 aromatic heterocycles. The third-order valence-corrected chi connectivity index (χ3v) is 4.31. The molecule has 0 aromatic carbocycles. The van der Waals surface area contributed by atoms with Crippen LogP contribution in [0.25, 0.3) is 0 Å². The van der Waals surface area contributed by atoms with Crippen LogP contribution in [0.2, 0.25) is 0 Å². The molecule has 2 N–H and O–H groups in total. The van der Waals surface area contributed by atoms with E-state index >= 15 is 0 Å². The molecule has 0 radical (unpaired) electrons. The molecule has 0 spiro atoms. The van der Waals surface area contributed by atoms with Crippen LogP contribution in [0, 0.1) is 11.3 Å². The summed E-state index contributed by atoms with van der Waals surface area (Å²) >= 11 is 0. The van der Waals surface area contributed by atoms with Crippen LogP contribution in [-0.4, -0.2) is 39.6 Å². The number of aliphatic hydroxyl groups excluding tert-OH is 2. The molecule has 1 fully saturated rings. The van der Waals surface area contributed by atoms with Crippen molar-refractivity contribution < 1.29 is 19.5 Å². The molecular weight excluding hydrogens is 283 g/mol. The van der Waals surface area contributed by atoms with E-state index in [0.29, 0.717) is 11.0 Å². The zero-order valence-electron chi connectivity index (χ0n) is 13.3. The molecule has 6 nitrogen and oxygen atoms in total.